The van der Waals surface area contributed by atoms with E-state index in [2.05, 4.69) is 51.3 Å². The minimum atomic E-state index is 0.752. The van der Waals surface area contributed by atoms with E-state index >= 15 is 0 Å². The molecule has 0 aliphatic carbocycles. The number of methoxy groups -OCH3 is 1. The monoisotopic (exact) mass is 354 g/mol. The lowest BCUT2D eigenvalue weighted by Gasteiger charge is -2.34. The smallest absolute Gasteiger partial charge is 0.0587 e. The highest BCUT2D eigenvalue weighted by Crippen LogP contribution is 2.28. The SMILES string of the molecule is CCC1CCCN(c2ccc(CNCCOC)c(Br)c2)C1. The average Bonchev–Trinajstić information content (AvgIpc) is 2.53. The Hall–Kier alpha value is -0.580. The van der Waals surface area contributed by atoms with Crippen LogP contribution in [0.3, 0.4) is 0 Å². The van der Waals surface area contributed by atoms with Gasteiger partial charge in [-0.05, 0) is 36.5 Å². The summed E-state index contributed by atoms with van der Waals surface area (Å²) in [7, 11) is 1.73. The summed E-state index contributed by atoms with van der Waals surface area (Å²) in [6.45, 7) is 7.21. The molecule has 1 unspecified atom stereocenters. The third kappa shape index (κ3) is 4.97. The van der Waals surface area contributed by atoms with Gasteiger partial charge in [-0.15, -0.1) is 0 Å². The summed E-state index contributed by atoms with van der Waals surface area (Å²) in [5.74, 6) is 0.855. The van der Waals surface area contributed by atoms with E-state index < -0.39 is 0 Å². The number of benzene rings is 1. The molecule has 0 amide bonds. The van der Waals surface area contributed by atoms with E-state index in [1.807, 2.05) is 0 Å². The van der Waals surface area contributed by atoms with Crippen LogP contribution in [0.5, 0.6) is 0 Å². The lowest BCUT2D eigenvalue weighted by atomic mass is 9.95. The number of nitrogens with zero attached hydrogens (tertiary/aromatic N) is 1. The van der Waals surface area contributed by atoms with Gasteiger partial charge in [0, 0.05) is 43.4 Å². The molecule has 1 aromatic rings. The van der Waals surface area contributed by atoms with Crippen LogP contribution in [0, 0.1) is 5.92 Å². The molecule has 118 valence electrons. The standard InChI is InChI=1S/C17H27BrN2O/c1-3-14-5-4-9-20(13-14)16-7-6-15(17(18)11-16)12-19-8-10-21-2/h6-7,11,14,19H,3-5,8-10,12-13H2,1-2H3. The van der Waals surface area contributed by atoms with Gasteiger partial charge in [0.05, 0.1) is 6.61 Å². The summed E-state index contributed by atoms with van der Waals surface area (Å²) in [4.78, 5) is 2.53. The third-order valence-corrected chi connectivity index (χ3v) is 5.03. The third-order valence-electron chi connectivity index (χ3n) is 4.30. The molecule has 1 aromatic carbocycles. The van der Waals surface area contributed by atoms with Gasteiger partial charge in [0.15, 0.2) is 0 Å². The zero-order valence-electron chi connectivity index (χ0n) is 13.2. The first-order chi connectivity index (χ1) is 10.2. The molecule has 0 bridgehead atoms. The Morgan fingerprint density at radius 2 is 2.29 bits per heavy atom. The van der Waals surface area contributed by atoms with E-state index in [0.717, 1.165) is 25.6 Å². The number of rotatable bonds is 7. The number of halogens is 1. The molecule has 1 saturated heterocycles. The summed E-state index contributed by atoms with van der Waals surface area (Å²) in [5, 5.41) is 3.39. The van der Waals surface area contributed by atoms with E-state index in [1.165, 1.54) is 48.1 Å². The number of hydrogen-bond acceptors (Lipinski definition) is 3. The first-order valence-electron chi connectivity index (χ1n) is 7.97. The lowest BCUT2D eigenvalue weighted by molar-refractivity contribution is 0.199. The molecule has 1 heterocycles. The quantitative estimate of drug-likeness (QED) is 0.753. The summed E-state index contributed by atoms with van der Waals surface area (Å²) in [6.07, 6.45) is 3.99. The van der Waals surface area contributed by atoms with Crippen LogP contribution in [-0.2, 0) is 11.3 Å². The van der Waals surface area contributed by atoms with Gasteiger partial charge < -0.3 is 15.0 Å². The summed E-state index contributed by atoms with van der Waals surface area (Å²) >= 11 is 3.72. The molecule has 0 aromatic heterocycles. The summed E-state index contributed by atoms with van der Waals surface area (Å²) in [6, 6.07) is 6.76. The van der Waals surface area contributed by atoms with Gasteiger partial charge in [0.2, 0.25) is 0 Å². The van der Waals surface area contributed by atoms with Crippen LogP contribution in [0.4, 0.5) is 5.69 Å². The topological polar surface area (TPSA) is 24.5 Å². The molecule has 3 nitrogen and oxygen atoms in total. The van der Waals surface area contributed by atoms with E-state index in [-0.39, 0.29) is 0 Å². The summed E-state index contributed by atoms with van der Waals surface area (Å²) in [5.41, 5.74) is 2.65. The fourth-order valence-corrected chi connectivity index (χ4v) is 3.41. The fourth-order valence-electron chi connectivity index (χ4n) is 2.91. The molecular weight excluding hydrogens is 328 g/mol. The number of piperidine rings is 1. The molecule has 0 saturated carbocycles. The second-order valence-electron chi connectivity index (χ2n) is 5.81. The molecule has 21 heavy (non-hydrogen) atoms. The zero-order chi connectivity index (χ0) is 15.1. The van der Waals surface area contributed by atoms with Gasteiger partial charge in [0.25, 0.3) is 0 Å². The Morgan fingerprint density at radius 1 is 1.43 bits per heavy atom. The van der Waals surface area contributed by atoms with Crippen molar-refractivity contribution in [3.8, 4) is 0 Å². The number of hydrogen-bond donors (Lipinski definition) is 1. The van der Waals surface area contributed by atoms with Crippen molar-refractivity contribution in [3.05, 3.63) is 28.2 Å². The molecule has 0 radical (unpaired) electrons. The van der Waals surface area contributed by atoms with Crippen LogP contribution < -0.4 is 10.2 Å². The molecular formula is C17H27BrN2O. The second-order valence-corrected chi connectivity index (χ2v) is 6.66. The van der Waals surface area contributed by atoms with Crippen molar-refractivity contribution in [2.75, 3.05) is 38.3 Å². The lowest BCUT2D eigenvalue weighted by Crippen LogP contribution is -2.35. The van der Waals surface area contributed by atoms with Crippen LogP contribution in [0.25, 0.3) is 0 Å². The van der Waals surface area contributed by atoms with E-state index in [9.17, 15) is 0 Å². The molecule has 1 fully saturated rings. The molecule has 0 spiro atoms. The number of ether oxygens (including phenoxy) is 1. The minimum absolute atomic E-state index is 0.752. The van der Waals surface area contributed by atoms with Crippen molar-refractivity contribution in [1.82, 2.24) is 5.32 Å². The Kier molecular flexibility index (Phi) is 7.00. The highest BCUT2D eigenvalue weighted by atomic mass is 79.9. The van der Waals surface area contributed by atoms with Crippen molar-refractivity contribution in [2.45, 2.75) is 32.7 Å². The largest absolute Gasteiger partial charge is 0.383 e. The van der Waals surface area contributed by atoms with Crippen LogP contribution in [0.15, 0.2) is 22.7 Å². The maximum Gasteiger partial charge on any atom is 0.0587 e. The fraction of sp³-hybridized carbons (Fsp3) is 0.647. The Balaban J connectivity index is 1.94. The summed E-state index contributed by atoms with van der Waals surface area (Å²) < 4.78 is 6.25. The highest BCUT2D eigenvalue weighted by molar-refractivity contribution is 9.10. The molecule has 1 aliphatic rings. The minimum Gasteiger partial charge on any atom is -0.383 e. The normalized spacial score (nSPS) is 19.0. The van der Waals surface area contributed by atoms with Crippen LogP contribution >= 0.6 is 15.9 Å². The van der Waals surface area contributed by atoms with E-state index in [0.29, 0.717) is 0 Å². The van der Waals surface area contributed by atoms with Gasteiger partial charge in [0.1, 0.15) is 0 Å². The van der Waals surface area contributed by atoms with Crippen molar-refractivity contribution in [3.63, 3.8) is 0 Å². The van der Waals surface area contributed by atoms with Crippen LogP contribution in [0.2, 0.25) is 0 Å². The second kappa shape index (κ2) is 8.76. The Morgan fingerprint density at radius 3 is 3.00 bits per heavy atom. The Labute approximate surface area is 137 Å². The molecule has 1 N–H and O–H groups in total. The number of anilines is 1. The first-order valence-corrected chi connectivity index (χ1v) is 8.77. The van der Waals surface area contributed by atoms with Gasteiger partial charge in [-0.2, -0.15) is 0 Å². The van der Waals surface area contributed by atoms with Gasteiger partial charge in [-0.25, -0.2) is 0 Å². The van der Waals surface area contributed by atoms with Gasteiger partial charge in [-0.1, -0.05) is 35.3 Å². The van der Waals surface area contributed by atoms with Gasteiger partial charge >= 0.3 is 0 Å². The highest BCUT2D eigenvalue weighted by Gasteiger charge is 2.19. The molecule has 4 heteroatoms. The molecule has 1 aliphatic heterocycles. The zero-order valence-corrected chi connectivity index (χ0v) is 14.8. The van der Waals surface area contributed by atoms with Crippen LogP contribution in [-0.4, -0.2) is 33.4 Å². The van der Waals surface area contributed by atoms with E-state index in [4.69, 9.17) is 4.74 Å². The van der Waals surface area contributed by atoms with Crippen molar-refractivity contribution < 1.29 is 4.74 Å². The predicted molar refractivity (Wildman–Crippen MR) is 93.0 cm³/mol. The first kappa shape index (κ1) is 16.8. The predicted octanol–water partition coefficient (Wildman–Crippen LogP) is 3.81. The van der Waals surface area contributed by atoms with E-state index in [1.54, 1.807) is 7.11 Å². The van der Waals surface area contributed by atoms with Crippen molar-refractivity contribution in [2.24, 2.45) is 5.92 Å². The number of nitrogens with one attached hydrogen (secondary N) is 1. The molecule has 2 rings (SSSR count). The van der Waals surface area contributed by atoms with Crippen LogP contribution in [0.1, 0.15) is 31.7 Å². The average molecular weight is 355 g/mol. The molecule has 1 atom stereocenters. The maximum atomic E-state index is 5.05. The Bertz CT molecular complexity index is 439. The van der Waals surface area contributed by atoms with Gasteiger partial charge in [-0.3, -0.25) is 0 Å². The van der Waals surface area contributed by atoms with Crippen molar-refractivity contribution >= 4 is 21.6 Å². The van der Waals surface area contributed by atoms with Crippen molar-refractivity contribution in [1.29, 1.82) is 0 Å². The maximum absolute atomic E-state index is 5.05.